The fraction of sp³-hybridized carbons (Fsp3) is 0.938. The summed E-state index contributed by atoms with van der Waals surface area (Å²) in [4.78, 5) is 45.8. The van der Waals surface area contributed by atoms with Crippen LogP contribution in [0.25, 0.3) is 0 Å². The fourth-order valence-electron chi connectivity index (χ4n) is 9.58. The molecule has 6 aliphatic rings. The lowest BCUT2D eigenvalue weighted by Gasteiger charge is -2.40. The zero-order chi connectivity index (χ0) is 66.5. The third kappa shape index (κ3) is 32.0. The molecule has 92 heavy (non-hydrogen) atoms. The average molecular weight is 1330 g/mol. The highest BCUT2D eigenvalue weighted by Crippen LogP contribution is 2.35. The predicted molar refractivity (Wildman–Crippen MR) is 330 cm³/mol. The van der Waals surface area contributed by atoms with Gasteiger partial charge in [-0.3, -0.25) is 19.2 Å². The number of hydrogen-bond acceptors (Lipinski definition) is 27. The Bertz CT molecular complexity index is 1790. The average Bonchev–Trinajstić information content (AvgIpc) is 1.73. The highest BCUT2D eigenvalue weighted by Gasteiger charge is 2.41. The standard InChI is InChI=1S/C41H72O16.C19H36O7.C5H8O4/c1-5-38(26-52-27-38)22-48-15-11-44-9-13-46-18-34(20-50-24-40(7-3)30-54-31-40)56-36(42)17-37(43)57-35(21-51-25-41(8-4)32-55-33-41)19-47-14-10-45-12-16-49-23-39(6-2)28-53-29-39;1-3-18(13-25-14-18)11-23-8-6-21-5-7-22-9-17(20)10-24-12-19(4-2)15-26-16-19;1-8-5(7)2-3-9-4-6/h34-35H,5-33H2,1-4H3;17,20H,3-16H2,1-2H3;4H,2-3H2,1H3. The van der Waals surface area contributed by atoms with Crippen molar-refractivity contribution < 1.29 is 128 Å². The molecule has 6 heterocycles. The molecule has 0 aromatic carbocycles. The van der Waals surface area contributed by atoms with Crippen molar-refractivity contribution in [1.82, 2.24) is 0 Å². The molecule has 6 aliphatic heterocycles. The molecule has 0 aromatic heterocycles. The Labute approximate surface area is 546 Å². The van der Waals surface area contributed by atoms with Gasteiger partial charge in [0, 0.05) is 32.5 Å². The number of aliphatic hydroxyl groups is 1. The van der Waals surface area contributed by atoms with Gasteiger partial charge in [0.15, 0.2) is 0 Å². The van der Waals surface area contributed by atoms with E-state index in [1.165, 1.54) is 7.11 Å². The van der Waals surface area contributed by atoms with Gasteiger partial charge in [-0.25, -0.2) is 0 Å². The summed E-state index contributed by atoms with van der Waals surface area (Å²) in [6, 6.07) is 0. The number of aliphatic hydroxyl groups excluding tert-OH is 1. The number of carbonyl (C=O) groups excluding carboxylic acids is 4. The Hall–Kier alpha value is -2.88. The van der Waals surface area contributed by atoms with E-state index in [9.17, 15) is 24.3 Å². The minimum absolute atomic E-state index is 0.0385. The van der Waals surface area contributed by atoms with Crippen molar-refractivity contribution in [3.05, 3.63) is 0 Å². The second-order valence-electron chi connectivity index (χ2n) is 25.2. The van der Waals surface area contributed by atoms with Crippen LogP contribution in [0.2, 0.25) is 0 Å². The molecule has 3 unspecified atom stereocenters. The first-order chi connectivity index (χ1) is 44.7. The van der Waals surface area contributed by atoms with Gasteiger partial charge in [0.25, 0.3) is 6.47 Å². The van der Waals surface area contributed by atoms with Gasteiger partial charge in [-0.1, -0.05) is 41.5 Å². The highest BCUT2D eigenvalue weighted by molar-refractivity contribution is 5.91. The fourth-order valence-corrected chi connectivity index (χ4v) is 9.58. The molecule has 6 saturated heterocycles. The van der Waals surface area contributed by atoms with Gasteiger partial charge >= 0.3 is 17.9 Å². The van der Waals surface area contributed by atoms with Gasteiger partial charge in [-0.05, 0) is 38.5 Å². The van der Waals surface area contributed by atoms with Crippen LogP contribution < -0.4 is 0 Å². The maximum Gasteiger partial charge on any atom is 0.317 e. The first-order valence-electron chi connectivity index (χ1n) is 33.3. The van der Waals surface area contributed by atoms with E-state index in [1.807, 2.05) is 0 Å². The molecule has 1 N–H and O–H groups in total. The van der Waals surface area contributed by atoms with Crippen LogP contribution in [0.15, 0.2) is 0 Å². The van der Waals surface area contributed by atoms with Crippen LogP contribution in [0.1, 0.15) is 92.9 Å². The molecule has 0 spiro atoms. The Morgan fingerprint density at radius 3 is 0.880 bits per heavy atom. The SMILES string of the molecule is CCC1(COCCOCCOCC(COCC2(CC)COC2)OC(=O)CC(=O)OC(COCCOCCOCC2(CC)COC2)COCC2(CC)COC2)COC1.CCC1(COCCOCCOCC(O)COCC2(CC)COC2)COC1.COC(=O)CCOC=O. The van der Waals surface area contributed by atoms with E-state index in [4.69, 9.17) is 94.7 Å². The summed E-state index contributed by atoms with van der Waals surface area (Å²) in [5, 5.41) is 9.86. The quantitative estimate of drug-likeness (QED) is 0.0296. The van der Waals surface area contributed by atoms with Crippen molar-refractivity contribution in [1.29, 1.82) is 0 Å². The van der Waals surface area contributed by atoms with Gasteiger partial charge < -0.3 is 109 Å². The summed E-state index contributed by atoms with van der Waals surface area (Å²) >= 11 is 0. The summed E-state index contributed by atoms with van der Waals surface area (Å²) in [6.45, 7) is 31.6. The van der Waals surface area contributed by atoms with E-state index in [-0.39, 0.29) is 97.7 Å². The summed E-state index contributed by atoms with van der Waals surface area (Å²) in [7, 11) is 1.28. The Balaban J connectivity index is 0.000000422. The van der Waals surface area contributed by atoms with Crippen LogP contribution in [0.3, 0.4) is 0 Å². The molecule has 3 atom stereocenters. The highest BCUT2D eigenvalue weighted by atomic mass is 16.6. The van der Waals surface area contributed by atoms with Gasteiger partial charge in [0.05, 0.1) is 251 Å². The maximum atomic E-state index is 13.0. The Morgan fingerprint density at radius 2 is 0.609 bits per heavy atom. The maximum absolute atomic E-state index is 13.0. The van der Waals surface area contributed by atoms with Crippen molar-refractivity contribution in [2.75, 3.05) is 252 Å². The van der Waals surface area contributed by atoms with E-state index < -0.39 is 36.7 Å². The number of rotatable bonds is 56. The van der Waals surface area contributed by atoms with E-state index >= 15 is 0 Å². The van der Waals surface area contributed by atoms with Crippen LogP contribution in [-0.4, -0.2) is 299 Å². The van der Waals surface area contributed by atoms with Crippen LogP contribution in [0, 0.1) is 32.5 Å². The zero-order valence-electron chi connectivity index (χ0n) is 56.7. The van der Waals surface area contributed by atoms with Crippen molar-refractivity contribution in [3.63, 3.8) is 0 Å². The van der Waals surface area contributed by atoms with Crippen LogP contribution in [0.5, 0.6) is 0 Å². The van der Waals surface area contributed by atoms with Crippen molar-refractivity contribution in [2.24, 2.45) is 32.5 Å². The Kier molecular flexibility index (Phi) is 41.8. The summed E-state index contributed by atoms with van der Waals surface area (Å²) in [5.74, 6) is -1.87. The lowest BCUT2D eigenvalue weighted by molar-refractivity contribution is -0.177. The smallest absolute Gasteiger partial charge is 0.317 e. The third-order valence-electron chi connectivity index (χ3n) is 17.5. The van der Waals surface area contributed by atoms with Gasteiger partial charge in [-0.2, -0.15) is 0 Å². The van der Waals surface area contributed by atoms with E-state index in [2.05, 4.69) is 51.0 Å². The molecular weight excluding hydrogens is 1210 g/mol. The Morgan fingerprint density at radius 1 is 0.359 bits per heavy atom. The van der Waals surface area contributed by atoms with Gasteiger partial charge in [0.1, 0.15) is 31.3 Å². The van der Waals surface area contributed by atoms with Gasteiger partial charge in [0.2, 0.25) is 0 Å². The predicted octanol–water partition coefficient (Wildman–Crippen LogP) is 4.03. The second kappa shape index (κ2) is 47.1. The number of ether oxygens (including phenoxy) is 22. The number of hydrogen-bond donors (Lipinski definition) is 1. The monoisotopic (exact) mass is 1330 g/mol. The molecule has 6 fully saturated rings. The molecule has 0 amide bonds. The number of esters is 3. The normalized spacial score (nSPS) is 20.0. The van der Waals surface area contributed by atoms with Crippen molar-refractivity contribution >= 4 is 24.4 Å². The van der Waals surface area contributed by atoms with Crippen LogP contribution >= 0.6 is 0 Å². The first kappa shape index (κ1) is 81.5. The molecule has 6 rings (SSSR count). The molecular formula is C65H116O27. The van der Waals surface area contributed by atoms with Crippen LogP contribution in [0.4, 0.5) is 0 Å². The minimum Gasteiger partial charge on any atom is -0.469 e. The van der Waals surface area contributed by atoms with Crippen molar-refractivity contribution in [3.8, 4) is 0 Å². The first-order valence-corrected chi connectivity index (χ1v) is 33.3. The summed E-state index contributed by atoms with van der Waals surface area (Å²) in [5.41, 5.74) is 0.580. The molecule has 0 saturated carbocycles. The van der Waals surface area contributed by atoms with Gasteiger partial charge in [-0.15, -0.1) is 0 Å². The lowest BCUT2D eigenvalue weighted by Crippen LogP contribution is -2.46. The molecule has 27 nitrogen and oxygen atoms in total. The van der Waals surface area contributed by atoms with E-state index in [0.717, 1.165) is 98.0 Å². The summed E-state index contributed by atoms with van der Waals surface area (Å²) < 4.78 is 120. The molecule has 0 aromatic rings. The molecule has 0 radical (unpaired) electrons. The van der Waals surface area contributed by atoms with Crippen molar-refractivity contribution in [2.45, 2.75) is 111 Å². The molecule has 0 aliphatic carbocycles. The minimum atomic E-state index is -0.744. The summed E-state index contributed by atoms with van der Waals surface area (Å²) in [6.07, 6.45) is 3.45. The molecule has 538 valence electrons. The second-order valence-corrected chi connectivity index (χ2v) is 25.2. The van der Waals surface area contributed by atoms with E-state index in [1.54, 1.807) is 0 Å². The number of carbonyl (C=O) groups is 4. The third-order valence-corrected chi connectivity index (χ3v) is 17.5. The number of methoxy groups -OCH3 is 1. The lowest BCUT2D eigenvalue weighted by atomic mass is 9.84. The van der Waals surface area contributed by atoms with Crippen LogP contribution in [-0.2, 0) is 123 Å². The topological polar surface area (TPSA) is 292 Å². The van der Waals surface area contributed by atoms with E-state index in [0.29, 0.717) is 139 Å². The zero-order valence-corrected chi connectivity index (χ0v) is 56.7. The molecule has 27 heteroatoms. The molecule has 0 bridgehead atoms. The largest absolute Gasteiger partial charge is 0.469 e.